The van der Waals surface area contributed by atoms with Gasteiger partial charge in [0.2, 0.25) is 0 Å². The van der Waals surface area contributed by atoms with Gasteiger partial charge in [0.05, 0.1) is 16.8 Å². The summed E-state index contributed by atoms with van der Waals surface area (Å²) < 4.78 is 40.3. The lowest BCUT2D eigenvalue weighted by molar-refractivity contribution is -0.144. The van der Waals surface area contributed by atoms with Gasteiger partial charge in [0.25, 0.3) is 5.56 Å². The van der Waals surface area contributed by atoms with Crippen molar-refractivity contribution >= 4 is 33.2 Å². The van der Waals surface area contributed by atoms with Crippen LogP contribution in [0.4, 0.5) is 13.2 Å². The van der Waals surface area contributed by atoms with Crippen LogP contribution < -0.4 is 5.56 Å². The van der Waals surface area contributed by atoms with Gasteiger partial charge in [-0.25, -0.2) is 9.97 Å². The van der Waals surface area contributed by atoms with Crippen LogP contribution in [0.3, 0.4) is 0 Å². The first-order chi connectivity index (χ1) is 10.4. The Labute approximate surface area is 130 Å². The molecule has 0 unspecified atom stereocenters. The summed E-state index contributed by atoms with van der Waals surface area (Å²) >= 11 is 7.08. The van der Waals surface area contributed by atoms with Gasteiger partial charge in [0.15, 0.2) is 0 Å². The number of hydrogen-bond donors (Lipinski definition) is 0. The van der Waals surface area contributed by atoms with Crippen LogP contribution in [0, 0.1) is 0 Å². The van der Waals surface area contributed by atoms with Crippen LogP contribution in [0.25, 0.3) is 10.2 Å². The maximum Gasteiger partial charge on any atom is 0.431 e. The first kappa shape index (κ1) is 15.0. The molecule has 114 valence electrons. The molecule has 0 saturated carbocycles. The molecule has 0 radical (unpaired) electrons. The van der Waals surface area contributed by atoms with Gasteiger partial charge in [-0.3, -0.25) is 9.36 Å². The van der Waals surface area contributed by atoms with Gasteiger partial charge in [-0.05, 0) is 12.1 Å². The minimum atomic E-state index is -4.60. The lowest BCUT2D eigenvalue weighted by atomic mass is 10.3. The molecule has 0 aliphatic rings. The van der Waals surface area contributed by atoms with Crippen molar-refractivity contribution in [2.75, 3.05) is 0 Å². The molecular formula is C13H7ClF3N3OS. The highest BCUT2D eigenvalue weighted by Crippen LogP contribution is 2.31. The van der Waals surface area contributed by atoms with Gasteiger partial charge in [-0.1, -0.05) is 17.7 Å². The zero-order chi connectivity index (χ0) is 15.9. The Hall–Kier alpha value is -1.93. The van der Waals surface area contributed by atoms with Crippen molar-refractivity contribution in [3.05, 3.63) is 56.7 Å². The number of aromatic nitrogens is 3. The fourth-order valence-corrected chi connectivity index (χ4v) is 3.28. The van der Waals surface area contributed by atoms with E-state index in [0.717, 1.165) is 29.5 Å². The van der Waals surface area contributed by atoms with E-state index >= 15 is 0 Å². The molecule has 0 aromatic carbocycles. The summed E-state index contributed by atoms with van der Waals surface area (Å²) in [6, 6.07) is 4.67. The summed E-state index contributed by atoms with van der Waals surface area (Å²) in [4.78, 5) is 20.1. The third kappa shape index (κ3) is 2.71. The van der Waals surface area contributed by atoms with E-state index in [1.54, 1.807) is 6.07 Å². The number of halogens is 4. The molecule has 0 N–H and O–H groups in total. The lowest BCUT2D eigenvalue weighted by Crippen LogP contribution is -2.27. The highest BCUT2D eigenvalue weighted by atomic mass is 35.5. The molecule has 0 spiro atoms. The minimum absolute atomic E-state index is 0.203. The minimum Gasteiger partial charge on any atom is -0.299 e. The topological polar surface area (TPSA) is 47.8 Å². The van der Waals surface area contributed by atoms with E-state index < -0.39 is 17.4 Å². The van der Waals surface area contributed by atoms with Crippen molar-refractivity contribution in [3.63, 3.8) is 0 Å². The van der Waals surface area contributed by atoms with Crippen molar-refractivity contribution in [3.8, 4) is 0 Å². The summed E-state index contributed by atoms with van der Waals surface area (Å²) in [6.07, 6.45) is -3.33. The van der Waals surface area contributed by atoms with E-state index in [4.69, 9.17) is 11.6 Å². The molecule has 9 heteroatoms. The Bertz CT molecular complexity index is 903. The van der Waals surface area contributed by atoms with Crippen LogP contribution in [0.15, 0.2) is 35.4 Å². The zero-order valence-electron chi connectivity index (χ0n) is 10.8. The van der Waals surface area contributed by atoms with Gasteiger partial charge in [0.1, 0.15) is 17.2 Å². The van der Waals surface area contributed by atoms with Gasteiger partial charge >= 0.3 is 6.18 Å². The van der Waals surface area contributed by atoms with Gasteiger partial charge in [0, 0.05) is 10.9 Å². The molecule has 4 nitrogen and oxygen atoms in total. The molecule has 0 saturated heterocycles. The van der Waals surface area contributed by atoms with Gasteiger partial charge in [-0.2, -0.15) is 13.2 Å². The fourth-order valence-electron chi connectivity index (χ4n) is 2.04. The van der Waals surface area contributed by atoms with Crippen molar-refractivity contribution in [2.24, 2.45) is 0 Å². The Balaban J connectivity index is 2.09. The highest BCUT2D eigenvalue weighted by Gasteiger charge is 2.34. The third-order valence-electron chi connectivity index (χ3n) is 2.97. The average molecular weight is 346 g/mol. The first-order valence-electron chi connectivity index (χ1n) is 6.02. The number of hydrogen-bond acceptors (Lipinski definition) is 4. The number of nitrogens with zero attached hydrogens (tertiary/aromatic N) is 3. The molecule has 3 aromatic rings. The SMILES string of the molecule is O=c1cccc(C(F)(F)F)n1Cc1cc2ncnc(Cl)c2s1. The second-order valence-electron chi connectivity index (χ2n) is 4.42. The normalized spacial score (nSPS) is 12.0. The van der Waals surface area contributed by atoms with Crippen molar-refractivity contribution in [1.29, 1.82) is 0 Å². The third-order valence-corrected chi connectivity index (χ3v) is 4.49. The first-order valence-corrected chi connectivity index (χ1v) is 7.21. The van der Waals surface area contributed by atoms with E-state index in [0.29, 0.717) is 19.7 Å². The van der Waals surface area contributed by atoms with Crippen LogP contribution >= 0.6 is 22.9 Å². The van der Waals surface area contributed by atoms with Crippen molar-refractivity contribution < 1.29 is 13.2 Å². The van der Waals surface area contributed by atoms with Crippen LogP contribution in [-0.4, -0.2) is 14.5 Å². The fraction of sp³-hybridized carbons (Fsp3) is 0.154. The van der Waals surface area contributed by atoms with E-state index in [1.165, 1.54) is 6.33 Å². The smallest absolute Gasteiger partial charge is 0.299 e. The quantitative estimate of drug-likeness (QED) is 0.667. The van der Waals surface area contributed by atoms with E-state index in [2.05, 4.69) is 9.97 Å². The monoisotopic (exact) mass is 345 g/mol. The average Bonchev–Trinajstić information content (AvgIpc) is 2.84. The maximum atomic E-state index is 13.0. The molecule has 0 atom stereocenters. The zero-order valence-corrected chi connectivity index (χ0v) is 12.3. The molecule has 0 bridgehead atoms. The Morgan fingerprint density at radius 2 is 2.05 bits per heavy atom. The standard InChI is InChI=1S/C13H7ClF3N3OS/c14-12-11-8(18-6-19-12)4-7(22-11)5-20-9(13(15,16)17)2-1-3-10(20)21/h1-4,6H,5H2. The molecule has 3 aromatic heterocycles. The molecule has 0 fully saturated rings. The number of pyridine rings is 1. The molecule has 0 amide bonds. The number of fused-ring (bicyclic) bond motifs is 1. The summed E-state index contributed by atoms with van der Waals surface area (Å²) in [7, 11) is 0. The van der Waals surface area contributed by atoms with E-state index in [1.807, 2.05) is 0 Å². The van der Waals surface area contributed by atoms with E-state index in [9.17, 15) is 18.0 Å². The molecule has 22 heavy (non-hydrogen) atoms. The lowest BCUT2D eigenvalue weighted by Gasteiger charge is -2.13. The van der Waals surface area contributed by atoms with Crippen LogP contribution in [0.2, 0.25) is 5.15 Å². The van der Waals surface area contributed by atoms with Gasteiger partial charge in [-0.15, -0.1) is 11.3 Å². The van der Waals surface area contributed by atoms with Crippen LogP contribution in [-0.2, 0) is 12.7 Å². The maximum absolute atomic E-state index is 13.0. The predicted molar refractivity (Wildman–Crippen MR) is 77.2 cm³/mol. The second kappa shape index (κ2) is 5.36. The van der Waals surface area contributed by atoms with Gasteiger partial charge < -0.3 is 0 Å². The van der Waals surface area contributed by atoms with Crippen molar-refractivity contribution in [1.82, 2.24) is 14.5 Å². The molecule has 0 aliphatic heterocycles. The molecule has 0 aliphatic carbocycles. The molecular weight excluding hydrogens is 339 g/mol. The van der Waals surface area contributed by atoms with Crippen molar-refractivity contribution in [2.45, 2.75) is 12.7 Å². The summed E-state index contributed by atoms with van der Waals surface area (Å²) in [6.45, 7) is -0.203. The Kier molecular flexibility index (Phi) is 3.65. The molecule has 3 rings (SSSR count). The summed E-state index contributed by atoms with van der Waals surface area (Å²) in [5.41, 5.74) is -1.17. The Morgan fingerprint density at radius 3 is 2.73 bits per heavy atom. The van der Waals surface area contributed by atoms with E-state index in [-0.39, 0.29) is 11.7 Å². The highest BCUT2D eigenvalue weighted by molar-refractivity contribution is 7.19. The van der Waals surface area contributed by atoms with Crippen LogP contribution in [0.1, 0.15) is 10.6 Å². The predicted octanol–water partition coefficient (Wildman–Crippen LogP) is 3.57. The summed E-state index contributed by atoms with van der Waals surface area (Å²) in [5, 5.41) is 0.234. The Morgan fingerprint density at radius 1 is 1.27 bits per heavy atom. The second-order valence-corrected chi connectivity index (χ2v) is 5.92. The number of thiophene rings is 1. The number of rotatable bonds is 2. The number of alkyl halides is 3. The summed E-state index contributed by atoms with van der Waals surface area (Å²) in [5.74, 6) is 0. The molecule has 3 heterocycles. The largest absolute Gasteiger partial charge is 0.431 e. The van der Waals surface area contributed by atoms with Crippen LogP contribution in [0.5, 0.6) is 0 Å².